The number of rotatable bonds is 7. The van der Waals surface area contributed by atoms with Crippen molar-refractivity contribution in [2.75, 3.05) is 20.3 Å². The number of benzene rings is 2. The number of halogens is 1. The number of hydrogen-bond donors (Lipinski definition) is 1. The maximum Gasteiger partial charge on any atom is 0.158 e. The molecule has 1 N–H and O–H groups in total. The highest BCUT2D eigenvalue weighted by molar-refractivity contribution is 5.83. The number of aryl methyl sites for hydroxylation is 1. The van der Waals surface area contributed by atoms with Crippen LogP contribution >= 0.6 is 0 Å². The van der Waals surface area contributed by atoms with Crippen LogP contribution in [0.1, 0.15) is 17.5 Å². The fraction of sp³-hybridized carbons (Fsp3) is 0.348. The minimum atomic E-state index is -0.221. The summed E-state index contributed by atoms with van der Waals surface area (Å²) in [6, 6.07) is 14.6. The lowest BCUT2D eigenvalue weighted by Gasteiger charge is -2.30. The molecule has 29 heavy (non-hydrogen) atoms. The van der Waals surface area contributed by atoms with Crippen molar-refractivity contribution in [1.29, 1.82) is 0 Å². The van der Waals surface area contributed by atoms with Gasteiger partial charge in [0.1, 0.15) is 11.6 Å². The average molecular weight is 396 g/mol. The molecule has 3 aromatic rings. The number of aromatic nitrogens is 1. The molecule has 2 aromatic carbocycles. The highest BCUT2D eigenvalue weighted by atomic mass is 19.1. The van der Waals surface area contributed by atoms with Crippen molar-refractivity contribution in [2.24, 2.45) is 0 Å². The van der Waals surface area contributed by atoms with E-state index >= 15 is 0 Å². The molecule has 1 aromatic heterocycles. The van der Waals surface area contributed by atoms with Crippen molar-refractivity contribution in [3.63, 3.8) is 0 Å². The molecule has 0 saturated carbocycles. The van der Waals surface area contributed by atoms with Crippen LogP contribution in [0.25, 0.3) is 10.9 Å². The molecule has 0 spiro atoms. The fourth-order valence-electron chi connectivity index (χ4n) is 3.49. The number of fused-ring (bicyclic) bond motifs is 1. The van der Waals surface area contributed by atoms with Gasteiger partial charge in [-0.25, -0.2) is 4.39 Å². The van der Waals surface area contributed by atoms with Crippen LogP contribution in [0.2, 0.25) is 0 Å². The summed E-state index contributed by atoms with van der Waals surface area (Å²) < 4.78 is 30.1. The summed E-state index contributed by atoms with van der Waals surface area (Å²) in [5, 5.41) is 4.49. The van der Waals surface area contributed by atoms with Gasteiger partial charge in [0.2, 0.25) is 0 Å². The van der Waals surface area contributed by atoms with Crippen LogP contribution in [0.3, 0.4) is 0 Å². The van der Waals surface area contributed by atoms with Crippen LogP contribution in [0.5, 0.6) is 5.75 Å². The Hall–Kier alpha value is -2.54. The summed E-state index contributed by atoms with van der Waals surface area (Å²) in [4.78, 5) is 4.43. The van der Waals surface area contributed by atoms with E-state index in [1.807, 2.05) is 30.5 Å². The first-order chi connectivity index (χ1) is 14.2. The quantitative estimate of drug-likeness (QED) is 0.658. The van der Waals surface area contributed by atoms with Gasteiger partial charge in [-0.1, -0.05) is 12.1 Å². The zero-order valence-electron chi connectivity index (χ0n) is 16.4. The van der Waals surface area contributed by atoms with E-state index in [4.69, 9.17) is 14.2 Å². The molecule has 0 unspecified atom stereocenters. The van der Waals surface area contributed by atoms with E-state index in [2.05, 4.69) is 10.3 Å². The van der Waals surface area contributed by atoms with Crippen molar-refractivity contribution in [3.05, 3.63) is 71.7 Å². The van der Waals surface area contributed by atoms with Gasteiger partial charge in [0.25, 0.3) is 0 Å². The highest BCUT2D eigenvalue weighted by Gasteiger charge is 2.22. The van der Waals surface area contributed by atoms with Crippen LogP contribution < -0.4 is 10.1 Å². The topological polar surface area (TPSA) is 52.6 Å². The summed E-state index contributed by atoms with van der Waals surface area (Å²) in [7, 11) is 1.67. The second-order valence-corrected chi connectivity index (χ2v) is 7.19. The van der Waals surface area contributed by atoms with Crippen LogP contribution in [0.15, 0.2) is 54.7 Å². The highest BCUT2D eigenvalue weighted by Crippen LogP contribution is 2.24. The normalized spacial score (nSPS) is 19.4. The number of methoxy groups -OCH3 is 1. The van der Waals surface area contributed by atoms with E-state index in [1.54, 1.807) is 19.2 Å². The van der Waals surface area contributed by atoms with Crippen molar-refractivity contribution < 1.29 is 18.6 Å². The van der Waals surface area contributed by atoms with Gasteiger partial charge in [0.05, 0.1) is 31.9 Å². The van der Waals surface area contributed by atoms with Crippen molar-refractivity contribution in [3.8, 4) is 5.75 Å². The second-order valence-electron chi connectivity index (χ2n) is 7.19. The van der Waals surface area contributed by atoms with Crippen LogP contribution in [0.4, 0.5) is 4.39 Å². The average Bonchev–Trinajstić information content (AvgIpc) is 2.77. The van der Waals surface area contributed by atoms with Gasteiger partial charge >= 0.3 is 0 Å². The van der Waals surface area contributed by atoms with E-state index < -0.39 is 0 Å². The predicted octanol–water partition coefficient (Wildman–Crippen LogP) is 3.85. The zero-order valence-corrected chi connectivity index (χ0v) is 16.4. The van der Waals surface area contributed by atoms with Gasteiger partial charge in [0, 0.05) is 24.5 Å². The zero-order chi connectivity index (χ0) is 20.1. The third-order valence-electron chi connectivity index (χ3n) is 5.16. The minimum absolute atomic E-state index is 0.127. The Balaban J connectivity index is 1.27. The van der Waals surface area contributed by atoms with Gasteiger partial charge in [-0.15, -0.1) is 0 Å². The van der Waals surface area contributed by atoms with Crippen LogP contribution in [-0.4, -0.2) is 37.6 Å². The smallest absolute Gasteiger partial charge is 0.158 e. The fourth-order valence-corrected chi connectivity index (χ4v) is 3.49. The lowest BCUT2D eigenvalue weighted by molar-refractivity contribution is -0.192. The molecular formula is C23H25FN2O3. The predicted molar refractivity (Wildman–Crippen MR) is 109 cm³/mol. The molecule has 1 aliphatic heterocycles. The Morgan fingerprint density at radius 3 is 2.66 bits per heavy atom. The van der Waals surface area contributed by atoms with E-state index in [-0.39, 0.29) is 18.1 Å². The lowest BCUT2D eigenvalue weighted by Crippen LogP contribution is -2.44. The third kappa shape index (κ3) is 5.09. The first-order valence-electron chi connectivity index (χ1n) is 9.84. The molecule has 6 heteroatoms. The molecule has 152 valence electrons. The Kier molecular flexibility index (Phi) is 6.34. The van der Waals surface area contributed by atoms with Gasteiger partial charge in [-0.3, -0.25) is 4.98 Å². The van der Waals surface area contributed by atoms with Crippen molar-refractivity contribution in [1.82, 2.24) is 10.3 Å². The summed E-state index contributed by atoms with van der Waals surface area (Å²) >= 11 is 0. The number of nitrogens with zero attached hydrogens (tertiary/aromatic N) is 1. The van der Waals surface area contributed by atoms with Gasteiger partial charge in [-0.05, 0) is 53.9 Å². The minimum Gasteiger partial charge on any atom is -0.497 e. The maximum absolute atomic E-state index is 13.0. The molecule has 1 aliphatic rings. The summed E-state index contributed by atoms with van der Waals surface area (Å²) in [6.45, 7) is 1.85. The first kappa shape index (κ1) is 19.8. The maximum atomic E-state index is 13.0. The molecule has 4 rings (SSSR count). The number of pyridine rings is 1. The largest absolute Gasteiger partial charge is 0.497 e. The molecule has 0 aliphatic carbocycles. The molecule has 1 saturated heterocycles. The molecule has 2 heterocycles. The standard InChI is InChI=1S/C23H25FN2O3/c1-27-20-7-8-22-21(12-20)17(10-11-25-22)4-9-23-28-14-19(15-29-23)26-13-16-2-5-18(24)6-3-16/h2-3,5-8,10-12,19,23,26H,4,9,13-15H2,1H3/t19-,23-. The number of ether oxygens (including phenoxy) is 3. The number of nitrogens with one attached hydrogen (secondary N) is 1. The molecule has 0 atom stereocenters. The van der Waals surface area contributed by atoms with Crippen molar-refractivity contribution in [2.45, 2.75) is 31.7 Å². The second kappa shape index (κ2) is 9.31. The lowest BCUT2D eigenvalue weighted by atomic mass is 10.0. The van der Waals surface area contributed by atoms with Gasteiger partial charge < -0.3 is 19.5 Å². The summed E-state index contributed by atoms with van der Waals surface area (Å²) in [6.07, 6.45) is 3.24. The SMILES string of the molecule is COc1ccc2nccc(CC[C@H]3OC[C@H](NCc4ccc(F)cc4)CO3)c2c1. The summed E-state index contributed by atoms with van der Waals surface area (Å²) in [5.74, 6) is 0.605. The van der Waals surface area contributed by atoms with Gasteiger partial charge in [0.15, 0.2) is 6.29 Å². The Morgan fingerprint density at radius 1 is 1.10 bits per heavy atom. The third-order valence-corrected chi connectivity index (χ3v) is 5.16. The first-order valence-corrected chi connectivity index (χ1v) is 9.84. The monoisotopic (exact) mass is 396 g/mol. The Morgan fingerprint density at radius 2 is 1.90 bits per heavy atom. The van der Waals surface area contributed by atoms with E-state index in [0.717, 1.165) is 35.1 Å². The molecule has 0 bridgehead atoms. The van der Waals surface area contributed by atoms with E-state index in [0.29, 0.717) is 19.8 Å². The summed E-state index contributed by atoms with van der Waals surface area (Å²) in [5.41, 5.74) is 3.20. The van der Waals surface area contributed by atoms with Gasteiger partial charge in [-0.2, -0.15) is 0 Å². The van der Waals surface area contributed by atoms with Crippen molar-refractivity contribution >= 4 is 10.9 Å². The molecule has 0 radical (unpaired) electrons. The molecule has 0 amide bonds. The molecular weight excluding hydrogens is 371 g/mol. The van der Waals surface area contributed by atoms with Crippen LogP contribution in [0, 0.1) is 5.82 Å². The van der Waals surface area contributed by atoms with E-state index in [1.165, 1.54) is 17.7 Å². The van der Waals surface area contributed by atoms with Crippen LogP contribution in [-0.2, 0) is 22.4 Å². The number of hydrogen-bond acceptors (Lipinski definition) is 5. The Labute approximate surface area is 169 Å². The molecule has 5 nitrogen and oxygen atoms in total. The van der Waals surface area contributed by atoms with E-state index in [9.17, 15) is 4.39 Å². The molecule has 1 fully saturated rings. The Bertz CT molecular complexity index is 941.